The van der Waals surface area contributed by atoms with Crippen molar-refractivity contribution in [2.24, 2.45) is 0 Å². The first-order valence-electron chi connectivity index (χ1n) is 10.1. The number of hydrogen-bond acceptors (Lipinski definition) is 8. The second kappa shape index (κ2) is 9.93. The second-order valence-corrected chi connectivity index (χ2v) is 10.1. The number of nitrogens with zero attached hydrogens (tertiary/aromatic N) is 4. The Balaban J connectivity index is 1.39. The Hall–Kier alpha value is -3.90. The first-order chi connectivity index (χ1) is 16.3. The molecule has 0 saturated carbocycles. The molecule has 4 rings (SSSR count). The van der Waals surface area contributed by atoms with Gasteiger partial charge < -0.3 is 11.2 Å². The maximum Gasteiger partial charge on any atom is 0.264 e. The van der Waals surface area contributed by atoms with Crippen molar-refractivity contribution < 1.29 is 13.2 Å². The summed E-state index contributed by atoms with van der Waals surface area (Å²) in [6.07, 6.45) is 4.57. The number of carbonyl (C=O) groups is 1. The van der Waals surface area contributed by atoms with E-state index < -0.39 is 15.3 Å². The van der Waals surface area contributed by atoms with E-state index in [1.165, 1.54) is 53.1 Å². The molecule has 1 amide bonds. The fraction of sp³-hybridized carbons (Fsp3) is 0.0909. The maximum atomic E-state index is 12.7. The summed E-state index contributed by atoms with van der Waals surface area (Å²) in [5.74, 6) is 5.72. The minimum Gasteiger partial charge on any atom is -0.337 e. The van der Waals surface area contributed by atoms with Crippen LogP contribution in [0.1, 0.15) is 6.92 Å². The summed E-state index contributed by atoms with van der Waals surface area (Å²) in [6.45, 7) is 1.74. The Morgan fingerprint density at radius 3 is 2.38 bits per heavy atom. The lowest BCUT2D eigenvalue weighted by molar-refractivity contribution is -0.115. The number of amides is 1. The molecule has 0 aliphatic carbocycles. The molecule has 0 radical (unpaired) electrons. The molecule has 2 aromatic carbocycles. The van der Waals surface area contributed by atoms with Gasteiger partial charge in [-0.15, -0.1) is 0 Å². The third kappa shape index (κ3) is 5.53. The largest absolute Gasteiger partial charge is 0.337 e. The summed E-state index contributed by atoms with van der Waals surface area (Å²) in [7, 11) is -3.86. The highest BCUT2D eigenvalue weighted by atomic mass is 32.2. The minimum atomic E-state index is -3.86. The van der Waals surface area contributed by atoms with E-state index in [1.54, 1.807) is 19.2 Å². The molecular weight excluding hydrogens is 474 g/mol. The van der Waals surface area contributed by atoms with Gasteiger partial charge in [0.25, 0.3) is 10.0 Å². The van der Waals surface area contributed by atoms with Gasteiger partial charge in [-0.1, -0.05) is 42.1 Å². The van der Waals surface area contributed by atoms with Crippen LogP contribution in [0.4, 0.5) is 11.6 Å². The van der Waals surface area contributed by atoms with Gasteiger partial charge in [-0.25, -0.2) is 32.8 Å². The molecule has 0 unspecified atom stereocenters. The van der Waals surface area contributed by atoms with Gasteiger partial charge >= 0.3 is 0 Å². The standard InChI is InChI=1S/C22H21N7O3S2/c1-15(33-22-27-19(14-29(22)23)16-6-3-2-4-7-16)20(30)26-17-8-10-18(11-9-17)34(31,32)28-21-24-12-5-13-25-21/h2-15H,23H2,1H3,(H,26,30)(H,24,25,28)/t15-/m1/s1. The molecule has 0 bridgehead atoms. The minimum absolute atomic E-state index is 0.0129. The summed E-state index contributed by atoms with van der Waals surface area (Å²) in [5, 5.41) is 2.76. The van der Waals surface area contributed by atoms with Crippen molar-refractivity contribution in [2.45, 2.75) is 22.2 Å². The molecule has 10 nitrogen and oxygen atoms in total. The lowest BCUT2D eigenvalue weighted by Gasteiger charge is -2.12. The van der Waals surface area contributed by atoms with E-state index in [1.807, 2.05) is 30.3 Å². The monoisotopic (exact) mass is 495 g/mol. The van der Waals surface area contributed by atoms with Crippen molar-refractivity contribution in [2.75, 3.05) is 15.9 Å². The number of sulfonamides is 1. The molecule has 2 aromatic heterocycles. The average molecular weight is 496 g/mol. The summed E-state index contributed by atoms with van der Waals surface area (Å²) in [5.41, 5.74) is 2.09. The fourth-order valence-electron chi connectivity index (χ4n) is 2.92. The zero-order valence-electron chi connectivity index (χ0n) is 18.0. The number of thioether (sulfide) groups is 1. The van der Waals surface area contributed by atoms with Crippen LogP contribution in [0, 0.1) is 0 Å². The summed E-state index contributed by atoms with van der Waals surface area (Å²) in [4.78, 5) is 24.9. The number of nitrogens with one attached hydrogen (secondary N) is 2. The van der Waals surface area contributed by atoms with E-state index in [0.29, 0.717) is 16.5 Å². The van der Waals surface area contributed by atoms with Crippen molar-refractivity contribution >= 4 is 39.3 Å². The first kappa shape index (κ1) is 23.3. The van der Waals surface area contributed by atoms with E-state index in [4.69, 9.17) is 5.84 Å². The number of nitrogen functional groups attached to an aromatic ring is 1. The number of rotatable bonds is 8. The van der Waals surface area contributed by atoms with Gasteiger partial charge in [0.2, 0.25) is 11.9 Å². The molecule has 4 N–H and O–H groups in total. The number of hydrogen-bond donors (Lipinski definition) is 3. The number of aromatic nitrogens is 4. The summed E-state index contributed by atoms with van der Waals surface area (Å²) < 4.78 is 28.6. The highest BCUT2D eigenvalue weighted by molar-refractivity contribution is 8.00. The molecule has 0 saturated heterocycles. The zero-order valence-corrected chi connectivity index (χ0v) is 19.6. The van der Waals surface area contributed by atoms with Gasteiger partial charge in [0.05, 0.1) is 22.0 Å². The number of nitrogens with two attached hydrogens (primary N) is 1. The average Bonchev–Trinajstić information content (AvgIpc) is 3.20. The van der Waals surface area contributed by atoms with Crippen LogP contribution in [0.15, 0.2) is 89.3 Å². The van der Waals surface area contributed by atoms with Crippen LogP contribution in [0.2, 0.25) is 0 Å². The van der Waals surface area contributed by atoms with Gasteiger partial charge in [0.15, 0.2) is 5.16 Å². The highest BCUT2D eigenvalue weighted by Gasteiger charge is 2.20. The number of benzene rings is 2. The van der Waals surface area contributed by atoms with Crippen LogP contribution in [-0.2, 0) is 14.8 Å². The van der Waals surface area contributed by atoms with Gasteiger partial charge in [-0.2, -0.15) is 0 Å². The van der Waals surface area contributed by atoms with E-state index in [0.717, 1.165) is 5.56 Å². The molecule has 2 heterocycles. The SMILES string of the molecule is C[C@@H](Sc1nc(-c2ccccc2)cn1N)C(=O)Nc1ccc(S(=O)(=O)Nc2ncccn2)cc1. The lowest BCUT2D eigenvalue weighted by atomic mass is 10.2. The van der Waals surface area contributed by atoms with Crippen LogP contribution in [-0.4, -0.2) is 39.2 Å². The van der Waals surface area contributed by atoms with E-state index in [2.05, 4.69) is 25.0 Å². The van der Waals surface area contributed by atoms with Crippen molar-refractivity contribution in [3.05, 3.63) is 79.3 Å². The van der Waals surface area contributed by atoms with E-state index in [-0.39, 0.29) is 16.8 Å². The third-order valence-electron chi connectivity index (χ3n) is 4.64. The number of anilines is 2. The third-order valence-corrected chi connectivity index (χ3v) is 7.07. The molecule has 0 fully saturated rings. The number of imidazole rings is 1. The molecule has 1 atom stereocenters. The van der Waals surface area contributed by atoms with Crippen LogP contribution in [0.25, 0.3) is 11.3 Å². The van der Waals surface area contributed by atoms with Crippen LogP contribution in [0.3, 0.4) is 0 Å². The Bertz CT molecular complexity index is 1380. The summed E-state index contributed by atoms with van der Waals surface area (Å²) in [6, 6.07) is 17.0. The topological polar surface area (TPSA) is 145 Å². The van der Waals surface area contributed by atoms with Gasteiger partial charge in [-0.3, -0.25) is 4.79 Å². The fourth-order valence-corrected chi connectivity index (χ4v) is 4.68. The molecule has 0 spiro atoms. The molecule has 34 heavy (non-hydrogen) atoms. The van der Waals surface area contributed by atoms with Gasteiger partial charge in [0, 0.05) is 23.6 Å². The van der Waals surface area contributed by atoms with Crippen LogP contribution >= 0.6 is 11.8 Å². The first-order valence-corrected chi connectivity index (χ1v) is 12.5. The molecular formula is C22H21N7O3S2. The molecule has 0 aliphatic heterocycles. The molecule has 0 aliphatic rings. The Labute approximate surface area is 200 Å². The van der Waals surface area contributed by atoms with Crippen LogP contribution in [0.5, 0.6) is 0 Å². The predicted molar refractivity (Wildman–Crippen MR) is 131 cm³/mol. The zero-order chi connectivity index (χ0) is 24.1. The van der Waals surface area contributed by atoms with Gasteiger partial charge in [-0.05, 0) is 37.3 Å². The van der Waals surface area contributed by atoms with Crippen molar-refractivity contribution in [1.82, 2.24) is 19.6 Å². The highest BCUT2D eigenvalue weighted by Crippen LogP contribution is 2.26. The predicted octanol–water partition coefficient (Wildman–Crippen LogP) is 2.97. The van der Waals surface area contributed by atoms with Gasteiger partial charge in [0.1, 0.15) is 0 Å². The smallest absolute Gasteiger partial charge is 0.264 e. The normalized spacial score (nSPS) is 12.1. The molecule has 12 heteroatoms. The van der Waals surface area contributed by atoms with E-state index >= 15 is 0 Å². The van der Waals surface area contributed by atoms with Crippen molar-refractivity contribution in [3.8, 4) is 11.3 Å². The Morgan fingerprint density at radius 1 is 1.03 bits per heavy atom. The molecule has 174 valence electrons. The Morgan fingerprint density at radius 2 is 1.71 bits per heavy atom. The summed E-state index contributed by atoms with van der Waals surface area (Å²) >= 11 is 1.22. The van der Waals surface area contributed by atoms with Crippen molar-refractivity contribution in [3.63, 3.8) is 0 Å². The van der Waals surface area contributed by atoms with E-state index in [9.17, 15) is 13.2 Å². The van der Waals surface area contributed by atoms with Crippen LogP contribution < -0.4 is 15.9 Å². The number of carbonyl (C=O) groups excluding carboxylic acids is 1. The quantitative estimate of drug-likeness (QED) is 0.250. The molecule has 4 aromatic rings. The lowest BCUT2D eigenvalue weighted by Crippen LogP contribution is -2.23. The van der Waals surface area contributed by atoms with Crippen molar-refractivity contribution in [1.29, 1.82) is 0 Å². The second-order valence-electron chi connectivity index (χ2n) is 7.13. The maximum absolute atomic E-state index is 12.7. The Kier molecular flexibility index (Phi) is 6.80.